The van der Waals surface area contributed by atoms with Gasteiger partial charge >= 0.3 is 0 Å². The van der Waals surface area contributed by atoms with Crippen LogP contribution in [-0.4, -0.2) is 32.3 Å². The zero-order chi connectivity index (χ0) is 20.2. The van der Waals surface area contributed by atoms with Crippen molar-refractivity contribution in [3.8, 4) is 0 Å². The van der Waals surface area contributed by atoms with Gasteiger partial charge in [-0.15, -0.1) is 11.3 Å². The van der Waals surface area contributed by atoms with Gasteiger partial charge in [0.2, 0.25) is 0 Å². The van der Waals surface area contributed by atoms with E-state index in [9.17, 15) is 4.79 Å². The molecule has 0 unspecified atom stereocenters. The predicted molar refractivity (Wildman–Crippen MR) is 116 cm³/mol. The number of carbonyl (C=O) groups is 1. The molecule has 0 saturated carbocycles. The van der Waals surface area contributed by atoms with E-state index in [0.29, 0.717) is 34.3 Å². The fourth-order valence-corrected chi connectivity index (χ4v) is 5.28. The lowest BCUT2D eigenvalue weighted by atomic mass is 10.00. The molecule has 1 aliphatic rings. The maximum Gasteiger partial charge on any atom is 0.283 e. The summed E-state index contributed by atoms with van der Waals surface area (Å²) in [5.41, 5.74) is 3.26. The average Bonchev–Trinajstić information content (AvgIpc) is 3.49. The van der Waals surface area contributed by atoms with Gasteiger partial charge in [-0.3, -0.25) is 4.79 Å². The highest BCUT2D eigenvalue weighted by molar-refractivity contribution is 7.20. The second-order valence-corrected chi connectivity index (χ2v) is 8.59. The summed E-state index contributed by atoms with van der Waals surface area (Å²) in [6, 6.07) is 14.8. The number of amides is 1. The number of halogens is 1. The van der Waals surface area contributed by atoms with Crippen LogP contribution >= 0.6 is 22.9 Å². The number of aromatic nitrogens is 3. The van der Waals surface area contributed by atoms with E-state index < -0.39 is 6.04 Å². The van der Waals surface area contributed by atoms with Crippen LogP contribution in [0.5, 0.6) is 0 Å². The molecule has 1 amide bonds. The Bertz CT molecular complexity index is 1390. The number of furan rings is 1. The van der Waals surface area contributed by atoms with Crippen molar-refractivity contribution in [3.63, 3.8) is 0 Å². The Kier molecular flexibility index (Phi) is 3.94. The number of imidazole rings is 1. The van der Waals surface area contributed by atoms with E-state index in [-0.39, 0.29) is 5.91 Å². The highest BCUT2D eigenvalue weighted by Gasteiger charge is 2.39. The van der Waals surface area contributed by atoms with Crippen molar-refractivity contribution >= 4 is 50.0 Å². The maximum atomic E-state index is 13.6. The Balaban J connectivity index is 1.50. The zero-order valence-electron chi connectivity index (χ0n) is 15.6. The van der Waals surface area contributed by atoms with E-state index in [2.05, 4.69) is 15.0 Å². The smallest absolute Gasteiger partial charge is 0.283 e. The summed E-state index contributed by atoms with van der Waals surface area (Å²) in [6.07, 6.45) is 2.33. The van der Waals surface area contributed by atoms with Crippen molar-refractivity contribution in [3.05, 3.63) is 82.0 Å². The SMILES string of the molecule is O=C(c1nc2ccccc2s1)N1CCc2[nH]cnc2[C@@H]1c1oc2ccccc2c1Cl. The molecule has 1 aliphatic heterocycles. The number of para-hydroxylation sites is 2. The molecule has 0 saturated heterocycles. The summed E-state index contributed by atoms with van der Waals surface area (Å²) in [6.45, 7) is 0.516. The minimum Gasteiger partial charge on any atom is -0.457 e. The molecule has 1 N–H and O–H groups in total. The number of hydrogen-bond donors (Lipinski definition) is 1. The average molecular weight is 435 g/mol. The van der Waals surface area contributed by atoms with E-state index in [0.717, 1.165) is 27.0 Å². The van der Waals surface area contributed by atoms with E-state index in [1.807, 2.05) is 48.5 Å². The van der Waals surface area contributed by atoms with E-state index >= 15 is 0 Å². The molecule has 0 fully saturated rings. The third kappa shape index (κ3) is 2.59. The standard InChI is InChI=1S/C22H15ClN4O2S/c23-17-12-5-1-3-7-15(12)29-20(17)19-18-14(24-11-25-18)9-10-27(19)22(28)21-26-13-6-2-4-8-16(13)30-21/h1-8,11,19H,9-10H2,(H,24,25)/t19-/m1/s1. The van der Waals surface area contributed by atoms with Crippen molar-refractivity contribution in [2.24, 2.45) is 0 Å². The Hall–Kier alpha value is -3.16. The minimum atomic E-state index is -0.514. The van der Waals surface area contributed by atoms with Crippen LogP contribution in [0.1, 0.15) is 33.0 Å². The van der Waals surface area contributed by atoms with Crippen LogP contribution in [0.3, 0.4) is 0 Å². The van der Waals surface area contributed by atoms with E-state index in [4.69, 9.17) is 16.0 Å². The number of fused-ring (bicyclic) bond motifs is 3. The van der Waals surface area contributed by atoms with Crippen molar-refractivity contribution in [2.45, 2.75) is 12.5 Å². The van der Waals surface area contributed by atoms with Crippen LogP contribution in [-0.2, 0) is 6.42 Å². The number of rotatable bonds is 2. The van der Waals surface area contributed by atoms with Gasteiger partial charge in [-0.2, -0.15) is 0 Å². The summed E-state index contributed by atoms with van der Waals surface area (Å²) in [4.78, 5) is 27.6. The first kappa shape index (κ1) is 17.7. The van der Waals surface area contributed by atoms with Crippen molar-refractivity contribution < 1.29 is 9.21 Å². The predicted octanol–water partition coefficient (Wildman–Crippen LogP) is 5.21. The second-order valence-electron chi connectivity index (χ2n) is 7.18. The van der Waals surface area contributed by atoms with Gasteiger partial charge in [0.1, 0.15) is 11.6 Å². The monoisotopic (exact) mass is 434 g/mol. The Morgan fingerprint density at radius 3 is 2.90 bits per heavy atom. The molecule has 0 radical (unpaired) electrons. The lowest BCUT2D eigenvalue weighted by Crippen LogP contribution is -2.40. The lowest BCUT2D eigenvalue weighted by Gasteiger charge is -2.33. The van der Waals surface area contributed by atoms with Crippen LogP contribution in [0.25, 0.3) is 21.2 Å². The second kappa shape index (κ2) is 6.68. The largest absolute Gasteiger partial charge is 0.457 e. The van der Waals surface area contributed by atoms with Crippen LogP contribution in [0.15, 0.2) is 59.3 Å². The lowest BCUT2D eigenvalue weighted by molar-refractivity contribution is 0.0673. The van der Waals surface area contributed by atoms with Crippen LogP contribution in [0.4, 0.5) is 0 Å². The van der Waals surface area contributed by atoms with Gasteiger partial charge in [0.05, 0.1) is 27.3 Å². The number of H-pyrrole nitrogens is 1. The normalized spacial score (nSPS) is 16.3. The molecule has 1 atom stereocenters. The highest BCUT2D eigenvalue weighted by atomic mass is 35.5. The number of aromatic amines is 1. The van der Waals surface area contributed by atoms with Gasteiger partial charge in [0.25, 0.3) is 5.91 Å². The fourth-order valence-electron chi connectivity index (χ4n) is 4.06. The first-order valence-corrected chi connectivity index (χ1v) is 10.8. The van der Waals surface area contributed by atoms with Crippen molar-refractivity contribution in [2.75, 3.05) is 6.54 Å². The third-order valence-corrected chi connectivity index (χ3v) is 6.89. The third-order valence-electron chi connectivity index (χ3n) is 5.47. The highest BCUT2D eigenvalue weighted by Crippen LogP contribution is 2.42. The number of hydrogen-bond acceptors (Lipinski definition) is 5. The first-order valence-electron chi connectivity index (χ1n) is 9.56. The number of nitrogens with one attached hydrogen (secondary N) is 1. The molecule has 6 rings (SSSR count). The molecule has 0 aliphatic carbocycles. The maximum absolute atomic E-state index is 13.6. The Labute approximate surface area is 180 Å². The molecule has 2 aromatic carbocycles. The van der Waals surface area contributed by atoms with Crippen LogP contribution in [0.2, 0.25) is 5.02 Å². The summed E-state index contributed by atoms with van der Waals surface area (Å²) < 4.78 is 7.13. The summed E-state index contributed by atoms with van der Waals surface area (Å²) in [5.74, 6) is 0.381. The number of benzene rings is 2. The summed E-state index contributed by atoms with van der Waals surface area (Å²) in [5, 5.41) is 1.78. The Morgan fingerprint density at radius 2 is 2.03 bits per heavy atom. The van der Waals surface area contributed by atoms with Crippen molar-refractivity contribution in [1.29, 1.82) is 0 Å². The molecule has 8 heteroatoms. The van der Waals surface area contributed by atoms with Crippen LogP contribution in [0, 0.1) is 0 Å². The van der Waals surface area contributed by atoms with E-state index in [1.54, 1.807) is 11.2 Å². The van der Waals surface area contributed by atoms with Crippen LogP contribution < -0.4 is 0 Å². The molecule has 6 nitrogen and oxygen atoms in total. The molecular weight excluding hydrogens is 420 g/mol. The van der Waals surface area contributed by atoms with Crippen molar-refractivity contribution in [1.82, 2.24) is 19.9 Å². The quantitative estimate of drug-likeness (QED) is 0.414. The van der Waals surface area contributed by atoms with Gasteiger partial charge in [-0.25, -0.2) is 9.97 Å². The van der Waals surface area contributed by atoms with Gasteiger partial charge in [-0.1, -0.05) is 35.9 Å². The van der Waals surface area contributed by atoms with E-state index in [1.165, 1.54) is 11.3 Å². The van der Waals surface area contributed by atoms with Gasteiger partial charge in [0, 0.05) is 24.0 Å². The summed E-state index contributed by atoms with van der Waals surface area (Å²) in [7, 11) is 0. The fraction of sp³-hybridized carbons (Fsp3) is 0.136. The summed E-state index contributed by atoms with van der Waals surface area (Å²) >= 11 is 8.12. The number of carbonyl (C=O) groups excluding carboxylic acids is 1. The molecule has 4 heterocycles. The van der Waals surface area contributed by atoms with Gasteiger partial charge in [0.15, 0.2) is 10.8 Å². The molecule has 30 heavy (non-hydrogen) atoms. The molecular formula is C22H15ClN4O2S. The number of thiazole rings is 1. The Morgan fingerprint density at radius 1 is 1.20 bits per heavy atom. The molecule has 0 spiro atoms. The minimum absolute atomic E-state index is 0.147. The first-order chi connectivity index (χ1) is 14.7. The topological polar surface area (TPSA) is 75.0 Å². The van der Waals surface area contributed by atoms with Gasteiger partial charge < -0.3 is 14.3 Å². The number of nitrogens with zero attached hydrogens (tertiary/aromatic N) is 3. The molecule has 3 aromatic heterocycles. The zero-order valence-corrected chi connectivity index (χ0v) is 17.2. The molecule has 148 valence electrons. The molecule has 0 bridgehead atoms. The molecule has 5 aromatic rings. The van der Waals surface area contributed by atoms with Gasteiger partial charge in [-0.05, 0) is 24.3 Å².